The Morgan fingerprint density at radius 1 is 1.30 bits per heavy atom. The molecule has 6 nitrogen and oxygen atoms in total. The molecule has 0 unspecified atom stereocenters. The van der Waals surface area contributed by atoms with Crippen molar-refractivity contribution in [3.63, 3.8) is 0 Å². The van der Waals surface area contributed by atoms with E-state index < -0.39 is 0 Å². The third-order valence-corrected chi connectivity index (χ3v) is 2.86. The Kier molecular flexibility index (Phi) is 4.34. The van der Waals surface area contributed by atoms with Crippen LogP contribution >= 0.6 is 0 Å². The molecule has 2 aromatic heterocycles. The molecule has 0 radical (unpaired) electrons. The predicted molar refractivity (Wildman–Crippen MR) is 77.2 cm³/mol. The highest BCUT2D eigenvalue weighted by Crippen LogP contribution is 2.19. The molecule has 108 valence electrons. The van der Waals surface area contributed by atoms with Crippen LogP contribution < -0.4 is 10.5 Å². The molecule has 0 aliphatic carbocycles. The van der Waals surface area contributed by atoms with Crippen molar-refractivity contribution >= 4 is 0 Å². The van der Waals surface area contributed by atoms with E-state index in [2.05, 4.69) is 34.2 Å². The first-order valence-electron chi connectivity index (χ1n) is 6.70. The molecule has 0 aliphatic heterocycles. The molecule has 3 N–H and O–H groups in total. The van der Waals surface area contributed by atoms with Gasteiger partial charge >= 0.3 is 0 Å². The lowest BCUT2D eigenvalue weighted by molar-refractivity contribution is 0.206. The Labute approximate surface area is 118 Å². The van der Waals surface area contributed by atoms with Gasteiger partial charge in [-0.15, -0.1) is 0 Å². The van der Waals surface area contributed by atoms with Gasteiger partial charge in [0.1, 0.15) is 18.1 Å². The molecule has 0 spiro atoms. The molecule has 2 heterocycles. The number of rotatable bonds is 6. The van der Waals surface area contributed by atoms with E-state index in [0.29, 0.717) is 24.0 Å². The van der Waals surface area contributed by atoms with Crippen LogP contribution in [0.5, 0.6) is 5.75 Å². The minimum Gasteiger partial charge on any atom is -0.490 e. The van der Waals surface area contributed by atoms with Crippen molar-refractivity contribution in [1.82, 2.24) is 20.4 Å². The second-order valence-electron chi connectivity index (χ2n) is 5.78. The number of nitrogens with one attached hydrogen (secondary N) is 1. The van der Waals surface area contributed by atoms with Gasteiger partial charge in [-0.3, -0.25) is 4.98 Å². The van der Waals surface area contributed by atoms with Crippen LogP contribution in [0.2, 0.25) is 0 Å². The lowest BCUT2D eigenvalue weighted by atomic mass is 9.93. The number of nitrogens with two attached hydrogens (primary N) is 1. The molecular formula is C14H21N5O. The molecule has 0 saturated carbocycles. The fourth-order valence-corrected chi connectivity index (χ4v) is 2.18. The smallest absolute Gasteiger partial charge is 0.137 e. The van der Waals surface area contributed by atoms with Gasteiger partial charge in [-0.2, -0.15) is 15.4 Å². The Morgan fingerprint density at radius 3 is 2.65 bits per heavy atom. The van der Waals surface area contributed by atoms with Crippen LogP contribution in [0.1, 0.15) is 27.2 Å². The summed E-state index contributed by atoms with van der Waals surface area (Å²) in [7, 11) is 0. The number of ether oxygens (including phenoxy) is 1. The Bertz CT molecular complexity index is 519. The molecule has 0 bridgehead atoms. The van der Waals surface area contributed by atoms with Gasteiger partial charge in [0.05, 0.1) is 18.1 Å². The molecule has 0 aromatic carbocycles. The maximum Gasteiger partial charge on any atom is 0.137 e. The Morgan fingerprint density at radius 2 is 2.10 bits per heavy atom. The van der Waals surface area contributed by atoms with Crippen molar-refractivity contribution in [2.45, 2.75) is 32.7 Å². The van der Waals surface area contributed by atoms with Gasteiger partial charge in [0.2, 0.25) is 0 Å². The number of hydrogen-bond acceptors (Lipinski definition) is 5. The lowest BCUT2D eigenvalue weighted by Gasteiger charge is -2.26. The molecular weight excluding hydrogens is 254 g/mol. The topological polar surface area (TPSA) is 89.7 Å². The van der Waals surface area contributed by atoms with Gasteiger partial charge in [0.15, 0.2) is 0 Å². The van der Waals surface area contributed by atoms with E-state index in [1.807, 2.05) is 19.1 Å². The average Bonchev–Trinajstić information content (AvgIpc) is 2.89. The predicted octanol–water partition coefficient (Wildman–Crippen LogP) is 2.01. The summed E-state index contributed by atoms with van der Waals surface area (Å²) >= 11 is 0. The minimum absolute atomic E-state index is 0.334. The Hall–Kier alpha value is -1.95. The zero-order valence-corrected chi connectivity index (χ0v) is 12.1. The summed E-state index contributed by atoms with van der Waals surface area (Å²) < 4.78 is 5.71. The molecule has 0 fully saturated rings. The van der Waals surface area contributed by atoms with Crippen LogP contribution in [0.3, 0.4) is 0 Å². The van der Waals surface area contributed by atoms with E-state index >= 15 is 0 Å². The number of H-pyrrole nitrogens is 1. The van der Waals surface area contributed by atoms with E-state index in [9.17, 15) is 0 Å². The summed E-state index contributed by atoms with van der Waals surface area (Å²) in [5.74, 6) is 1.25. The van der Waals surface area contributed by atoms with E-state index in [1.54, 1.807) is 12.4 Å². The third kappa shape index (κ3) is 4.03. The van der Waals surface area contributed by atoms with E-state index in [4.69, 9.17) is 10.5 Å². The molecule has 0 aliphatic rings. The highest BCUT2D eigenvalue weighted by Gasteiger charge is 2.21. The van der Waals surface area contributed by atoms with Crippen LogP contribution in [0, 0.1) is 5.92 Å². The Balaban J connectivity index is 1.94. The van der Waals surface area contributed by atoms with Crippen molar-refractivity contribution in [3.05, 3.63) is 24.5 Å². The normalized spacial score (nSPS) is 14.2. The fraction of sp³-hybridized carbons (Fsp3) is 0.500. The summed E-state index contributed by atoms with van der Waals surface area (Å²) in [5.41, 5.74) is 7.33. The number of aromatic nitrogens is 4. The van der Waals surface area contributed by atoms with Crippen molar-refractivity contribution in [3.8, 4) is 17.1 Å². The first-order valence-corrected chi connectivity index (χ1v) is 6.70. The maximum atomic E-state index is 6.20. The fourth-order valence-electron chi connectivity index (χ4n) is 2.18. The second-order valence-corrected chi connectivity index (χ2v) is 5.78. The number of pyridine rings is 1. The molecule has 1 atom stereocenters. The summed E-state index contributed by atoms with van der Waals surface area (Å²) in [6.45, 7) is 6.78. The number of hydrogen-bond donors (Lipinski definition) is 2. The minimum atomic E-state index is -0.334. The van der Waals surface area contributed by atoms with Gasteiger partial charge in [-0.05, 0) is 31.4 Å². The molecule has 2 rings (SSSR count). The SMILES string of the molecule is CC(C)C[C@](C)(N)COc1ccc(-c2cn[nH]n2)nc1. The van der Waals surface area contributed by atoms with Crippen molar-refractivity contribution in [1.29, 1.82) is 0 Å². The number of aromatic amines is 1. The summed E-state index contributed by atoms with van der Waals surface area (Å²) in [6, 6.07) is 3.71. The van der Waals surface area contributed by atoms with Gasteiger partial charge < -0.3 is 10.5 Å². The van der Waals surface area contributed by atoms with Crippen LogP contribution in [0.15, 0.2) is 24.5 Å². The molecule has 0 amide bonds. The summed E-state index contributed by atoms with van der Waals surface area (Å²) in [4.78, 5) is 4.29. The van der Waals surface area contributed by atoms with Gasteiger partial charge in [-0.1, -0.05) is 13.8 Å². The standard InChI is InChI=1S/C14H21N5O/c1-10(2)6-14(3,15)9-20-11-4-5-12(16-7-11)13-8-17-19-18-13/h4-5,7-8,10H,6,9,15H2,1-3H3,(H,17,18,19)/t14-/m0/s1. The van der Waals surface area contributed by atoms with Crippen molar-refractivity contribution in [2.24, 2.45) is 11.7 Å². The quantitative estimate of drug-likeness (QED) is 0.841. The van der Waals surface area contributed by atoms with Crippen LogP contribution in [-0.4, -0.2) is 32.5 Å². The molecule has 20 heavy (non-hydrogen) atoms. The maximum absolute atomic E-state index is 6.20. The second kappa shape index (κ2) is 6.00. The first kappa shape index (κ1) is 14.5. The molecule has 6 heteroatoms. The molecule has 0 saturated heterocycles. The van der Waals surface area contributed by atoms with E-state index in [0.717, 1.165) is 12.1 Å². The van der Waals surface area contributed by atoms with Crippen LogP contribution in [0.4, 0.5) is 0 Å². The van der Waals surface area contributed by atoms with Gasteiger partial charge in [-0.25, -0.2) is 0 Å². The lowest BCUT2D eigenvalue weighted by Crippen LogP contribution is -2.43. The van der Waals surface area contributed by atoms with E-state index in [1.165, 1.54) is 0 Å². The zero-order chi connectivity index (χ0) is 14.6. The monoisotopic (exact) mass is 275 g/mol. The largest absolute Gasteiger partial charge is 0.490 e. The van der Waals surface area contributed by atoms with Crippen molar-refractivity contribution < 1.29 is 4.74 Å². The first-order chi connectivity index (χ1) is 9.46. The highest BCUT2D eigenvalue weighted by atomic mass is 16.5. The number of nitrogens with zero attached hydrogens (tertiary/aromatic N) is 3. The highest BCUT2D eigenvalue weighted by molar-refractivity contribution is 5.52. The van der Waals surface area contributed by atoms with E-state index in [-0.39, 0.29) is 5.54 Å². The summed E-state index contributed by atoms with van der Waals surface area (Å²) in [5, 5.41) is 10.3. The van der Waals surface area contributed by atoms with Crippen molar-refractivity contribution in [2.75, 3.05) is 6.61 Å². The van der Waals surface area contributed by atoms with Crippen LogP contribution in [-0.2, 0) is 0 Å². The summed E-state index contributed by atoms with van der Waals surface area (Å²) in [6.07, 6.45) is 4.22. The zero-order valence-electron chi connectivity index (χ0n) is 12.1. The molecule has 2 aromatic rings. The van der Waals surface area contributed by atoms with Gasteiger partial charge in [0.25, 0.3) is 0 Å². The third-order valence-electron chi connectivity index (χ3n) is 2.86. The van der Waals surface area contributed by atoms with Gasteiger partial charge in [0, 0.05) is 5.54 Å². The van der Waals surface area contributed by atoms with Crippen LogP contribution in [0.25, 0.3) is 11.4 Å². The average molecular weight is 275 g/mol.